The molecule has 1 aliphatic rings. The van der Waals surface area contributed by atoms with Gasteiger partial charge in [0.15, 0.2) is 5.75 Å². The fraction of sp³-hybridized carbons (Fsp3) is 0.304. The molecule has 0 bridgehead atoms. The molecule has 0 spiro atoms. The van der Waals surface area contributed by atoms with Crippen molar-refractivity contribution in [2.45, 2.75) is 25.7 Å². The van der Waals surface area contributed by atoms with Gasteiger partial charge in [-0.05, 0) is 38.0 Å². The van der Waals surface area contributed by atoms with E-state index in [2.05, 4.69) is 15.0 Å². The first-order valence-corrected chi connectivity index (χ1v) is 10.0. The summed E-state index contributed by atoms with van der Waals surface area (Å²) in [6.07, 6.45) is 3.88. The number of rotatable bonds is 7. The smallest absolute Gasteiger partial charge is 0.245 e. The Balaban J connectivity index is 1.59. The Kier molecular flexibility index (Phi) is 5.56. The topological polar surface area (TPSA) is 103 Å². The van der Waals surface area contributed by atoms with E-state index in [1.54, 1.807) is 24.5 Å². The van der Waals surface area contributed by atoms with Crippen molar-refractivity contribution in [2.75, 3.05) is 18.7 Å². The van der Waals surface area contributed by atoms with Gasteiger partial charge in [0, 0.05) is 11.6 Å². The van der Waals surface area contributed by atoms with E-state index >= 15 is 0 Å². The average molecular weight is 419 g/mol. The van der Waals surface area contributed by atoms with Gasteiger partial charge in [-0.1, -0.05) is 30.3 Å². The number of benzene rings is 1. The van der Waals surface area contributed by atoms with Crippen molar-refractivity contribution in [3.05, 3.63) is 71.9 Å². The molecule has 0 saturated heterocycles. The van der Waals surface area contributed by atoms with Crippen LogP contribution in [0.2, 0.25) is 0 Å². The molecule has 2 heterocycles. The predicted octanol–water partition coefficient (Wildman–Crippen LogP) is 2.74. The molecule has 1 aliphatic carbocycles. The van der Waals surface area contributed by atoms with E-state index in [9.17, 15) is 4.79 Å². The van der Waals surface area contributed by atoms with Crippen molar-refractivity contribution in [3.8, 4) is 11.6 Å². The summed E-state index contributed by atoms with van der Waals surface area (Å²) in [5, 5.41) is 1.13. The van der Waals surface area contributed by atoms with Gasteiger partial charge in [0.25, 0.3) is 0 Å². The lowest BCUT2D eigenvalue weighted by Gasteiger charge is -2.22. The van der Waals surface area contributed by atoms with Crippen LogP contribution >= 0.6 is 0 Å². The molecule has 1 amide bonds. The quantitative estimate of drug-likeness (QED) is 0.357. The number of carbonyl (C=O) groups is 1. The number of anilines is 1. The zero-order chi connectivity index (χ0) is 22.0. The van der Waals surface area contributed by atoms with Crippen molar-refractivity contribution >= 4 is 11.6 Å². The van der Waals surface area contributed by atoms with Gasteiger partial charge in [0.2, 0.25) is 11.8 Å². The van der Waals surface area contributed by atoms with Crippen LogP contribution in [0.25, 0.3) is 0 Å². The number of methoxy groups -OCH3 is 1. The molecule has 2 N–H and O–H groups in total. The number of aromatic nitrogens is 3. The lowest BCUT2D eigenvalue weighted by Crippen LogP contribution is -2.41. The predicted molar refractivity (Wildman–Crippen MR) is 116 cm³/mol. The van der Waals surface area contributed by atoms with Gasteiger partial charge in [-0.2, -0.15) is 0 Å². The van der Waals surface area contributed by atoms with Crippen LogP contribution in [-0.2, 0) is 10.2 Å². The molecule has 31 heavy (non-hydrogen) atoms. The third-order valence-corrected chi connectivity index (χ3v) is 5.70. The Morgan fingerprint density at radius 1 is 1.19 bits per heavy atom. The fourth-order valence-electron chi connectivity index (χ4n) is 3.89. The van der Waals surface area contributed by atoms with Gasteiger partial charge in [-0.3, -0.25) is 4.79 Å². The summed E-state index contributed by atoms with van der Waals surface area (Å²) in [4.78, 5) is 26.0. The summed E-state index contributed by atoms with van der Waals surface area (Å²) < 4.78 is 11.4. The van der Waals surface area contributed by atoms with Crippen LogP contribution in [-0.4, -0.2) is 34.6 Å². The zero-order valence-electron chi connectivity index (χ0n) is 17.8. The highest BCUT2D eigenvalue weighted by atomic mass is 16.5. The summed E-state index contributed by atoms with van der Waals surface area (Å²) in [5.41, 5.74) is 1.74. The van der Waals surface area contributed by atoms with Crippen molar-refractivity contribution in [1.29, 1.82) is 0 Å². The molecular weight excluding hydrogens is 394 g/mol. The molecule has 1 fully saturated rings. The van der Waals surface area contributed by atoms with E-state index in [-0.39, 0.29) is 11.8 Å². The largest absolute Gasteiger partial charge is 0.489 e. The maximum atomic E-state index is 13.3. The Labute approximate surface area is 181 Å². The number of nitrogens with zero attached hydrogens (tertiary/aromatic N) is 4. The van der Waals surface area contributed by atoms with Crippen LogP contribution in [0.5, 0.6) is 11.6 Å². The van der Waals surface area contributed by atoms with Crippen molar-refractivity contribution in [1.82, 2.24) is 15.0 Å². The Hall–Kier alpha value is -3.52. The maximum Gasteiger partial charge on any atom is 0.245 e. The summed E-state index contributed by atoms with van der Waals surface area (Å²) in [5.74, 6) is 7.25. The van der Waals surface area contributed by atoms with E-state index in [0.29, 0.717) is 36.2 Å². The molecule has 4 rings (SSSR count). The number of pyridine rings is 1. The van der Waals surface area contributed by atoms with Crippen molar-refractivity contribution in [3.63, 3.8) is 0 Å². The van der Waals surface area contributed by atoms with E-state index in [1.165, 1.54) is 7.11 Å². The SMILES string of the molecule is COc1ncccc1N(N)C(=O)[C@@H]1C[C@@]1(COc1cnc(C)nc1C)c1ccccc1. The number of hydrogen-bond donors (Lipinski definition) is 1. The number of nitrogens with two attached hydrogens (primary N) is 1. The second-order valence-corrected chi connectivity index (χ2v) is 7.67. The lowest BCUT2D eigenvalue weighted by molar-refractivity contribution is -0.120. The summed E-state index contributed by atoms with van der Waals surface area (Å²) in [6, 6.07) is 13.3. The van der Waals surface area contributed by atoms with Crippen LogP contribution < -0.4 is 20.3 Å². The number of hydrogen-bond acceptors (Lipinski definition) is 7. The molecule has 1 saturated carbocycles. The molecular formula is C23H25N5O3. The van der Waals surface area contributed by atoms with Gasteiger partial charge in [-0.15, -0.1) is 0 Å². The minimum Gasteiger partial charge on any atom is -0.489 e. The number of ether oxygens (including phenoxy) is 2. The normalized spacial score (nSPS) is 19.5. The summed E-state index contributed by atoms with van der Waals surface area (Å²) >= 11 is 0. The molecule has 0 radical (unpaired) electrons. The van der Waals surface area contributed by atoms with Gasteiger partial charge < -0.3 is 9.47 Å². The second-order valence-electron chi connectivity index (χ2n) is 7.67. The number of carbonyl (C=O) groups excluding carboxylic acids is 1. The molecule has 1 aromatic carbocycles. The van der Waals surface area contributed by atoms with Gasteiger partial charge in [-0.25, -0.2) is 25.8 Å². The van der Waals surface area contributed by atoms with Crippen molar-refractivity contribution < 1.29 is 14.3 Å². The van der Waals surface area contributed by atoms with Crippen LogP contribution in [0.15, 0.2) is 54.9 Å². The summed E-state index contributed by atoms with van der Waals surface area (Å²) in [6.45, 7) is 4.03. The Morgan fingerprint density at radius 3 is 2.68 bits per heavy atom. The molecule has 160 valence electrons. The molecule has 8 nitrogen and oxygen atoms in total. The molecule has 2 aromatic heterocycles. The van der Waals surface area contributed by atoms with Crippen LogP contribution in [0.4, 0.5) is 5.69 Å². The second kappa shape index (κ2) is 8.31. The first kappa shape index (κ1) is 20.7. The minimum absolute atomic E-state index is 0.212. The van der Waals surface area contributed by atoms with E-state index < -0.39 is 5.41 Å². The fourth-order valence-corrected chi connectivity index (χ4v) is 3.89. The third-order valence-electron chi connectivity index (χ3n) is 5.70. The standard InChI is InChI=1S/C23H25N5O3/c1-15-20(13-26-16(2)27-15)31-14-23(17-8-5-4-6-9-17)12-18(23)22(29)28(24)19-10-7-11-25-21(19)30-3/h4-11,13,18H,12,14,24H2,1-3H3/t18-,23+/m0/s1. The van der Waals surface area contributed by atoms with Crippen LogP contribution in [0.1, 0.15) is 23.5 Å². The number of aryl methyl sites for hydroxylation is 2. The highest BCUT2D eigenvalue weighted by molar-refractivity contribution is 5.98. The van der Waals surface area contributed by atoms with E-state index in [0.717, 1.165) is 16.3 Å². The average Bonchev–Trinajstić information content (AvgIpc) is 3.54. The Bertz CT molecular complexity index is 1090. The van der Waals surface area contributed by atoms with Crippen LogP contribution in [0.3, 0.4) is 0 Å². The molecule has 8 heteroatoms. The maximum absolute atomic E-state index is 13.3. The minimum atomic E-state index is -0.483. The molecule has 0 unspecified atom stereocenters. The molecule has 3 aromatic rings. The van der Waals surface area contributed by atoms with Crippen LogP contribution in [0, 0.1) is 19.8 Å². The first-order valence-electron chi connectivity index (χ1n) is 10.0. The molecule has 0 aliphatic heterocycles. The van der Waals surface area contributed by atoms with E-state index in [1.807, 2.05) is 44.2 Å². The zero-order valence-corrected chi connectivity index (χ0v) is 17.8. The van der Waals surface area contributed by atoms with Crippen molar-refractivity contribution in [2.24, 2.45) is 11.8 Å². The van der Waals surface area contributed by atoms with Gasteiger partial charge in [0.1, 0.15) is 11.5 Å². The first-order chi connectivity index (χ1) is 15.0. The lowest BCUT2D eigenvalue weighted by atomic mass is 9.93. The monoisotopic (exact) mass is 419 g/mol. The number of hydrazine groups is 1. The molecule has 2 atom stereocenters. The van der Waals surface area contributed by atoms with Gasteiger partial charge >= 0.3 is 0 Å². The highest BCUT2D eigenvalue weighted by Crippen LogP contribution is 2.55. The number of amides is 1. The highest BCUT2D eigenvalue weighted by Gasteiger charge is 2.61. The van der Waals surface area contributed by atoms with E-state index in [4.69, 9.17) is 15.3 Å². The van der Waals surface area contributed by atoms with Gasteiger partial charge in [0.05, 0.1) is 31.5 Å². The summed E-state index contributed by atoms with van der Waals surface area (Å²) in [7, 11) is 1.50. The third kappa shape index (κ3) is 3.94. The Morgan fingerprint density at radius 2 is 1.97 bits per heavy atom.